The molecule has 1 N–H and O–H groups in total. The summed E-state index contributed by atoms with van der Waals surface area (Å²) in [6.07, 6.45) is 2.33. The Hall–Kier alpha value is -3.59. The number of ether oxygens (including phenoxy) is 2. The third-order valence-electron chi connectivity index (χ3n) is 6.47. The molecular formula is C26H33N5O4. The van der Waals surface area contributed by atoms with E-state index < -0.39 is 0 Å². The Morgan fingerprint density at radius 2 is 1.71 bits per heavy atom. The first-order valence-corrected chi connectivity index (χ1v) is 12.0. The third-order valence-corrected chi connectivity index (χ3v) is 6.47. The molecule has 0 bridgehead atoms. The van der Waals surface area contributed by atoms with E-state index >= 15 is 0 Å². The Balaban J connectivity index is 1.30. The molecule has 9 nitrogen and oxygen atoms in total. The molecule has 0 radical (unpaired) electrons. The molecule has 4 rings (SSSR count). The molecule has 186 valence electrons. The van der Waals surface area contributed by atoms with Gasteiger partial charge in [-0.2, -0.15) is 0 Å². The van der Waals surface area contributed by atoms with E-state index in [0.29, 0.717) is 41.8 Å². The van der Waals surface area contributed by atoms with E-state index in [1.165, 1.54) is 23.7 Å². The number of nitrogens with one attached hydrogen (secondary N) is 1. The lowest BCUT2D eigenvalue weighted by molar-refractivity contribution is -0.116. The van der Waals surface area contributed by atoms with Crippen LogP contribution >= 0.6 is 0 Å². The third kappa shape index (κ3) is 5.74. The van der Waals surface area contributed by atoms with Gasteiger partial charge in [-0.25, -0.2) is 4.98 Å². The van der Waals surface area contributed by atoms with E-state index in [4.69, 9.17) is 9.47 Å². The van der Waals surface area contributed by atoms with Crippen LogP contribution in [0.1, 0.15) is 19.8 Å². The maximum absolute atomic E-state index is 12.9. The van der Waals surface area contributed by atoms with E-state index in [1.807, 2.05) is 12.1 Å². The van der Waals surface area contributed by atoms with Crippen molar-refractivity contribution in [2.45, 2.75) is 26.3 Å². The number of anilines is 2. The topological polar surface area (TPSA) is 88.9 Å². The first kappa shape index (κ1) is 24.5. The van der Waals surface area contributed by atoms with Gasteiger partial charge in [0.25, 0.3) is 5.56 Å². The Bertz CT molecular complexity index is 1220. The van der Waals surface area contributed by atoms with Gasteiger partial charge in [0.1, 0.15) is 0 Å². The number of piperazine rings is 1. The van der Waals surface area contributed by atoms with Crippen molar-refractivity contribution < 1.29 is 14.3 Å². The minimum Gasteiger partial charge on any atom is -0.493 e. The number of nitrogens with zero attached hydrogens (tertiary/aromatic N) is 4. The highest BCUT2D eigenvalue weighted by Crippen LogP contribution is 2.29. The number of amides is 1. The highest BCUT2D eigenvalue weighted by Gasteiger charge is 2.16. The Labute approximate surface area is 205 Å². The maximum Gasteiger partial charge on any atom is 0.261 e. The monoisotopic (exact) mass is 479 g/mol. The van der Waals surface area contributed by atoms with Crippen LogP contribution in [-0.2, 0) is 11.3 Å². The smallest absolute Gasteiger partial charge is 0.261 e. The van der Waals surface area contributed by atoms with Crippen molar-refractivity contribution in [1.29, 1.82) is 0 Å². The van der Waals surface area contributed by atoms with Gasteiger partial charge in [-0.1, -0.05) is 6.92 Å². The SMILES string of the molecule is CCN1CCN(c2ccc(NC(=O)CCCn3cnc4cc(OC)c(OC)cc4c3=O)cc2)CC1. The van der Waals surface area contributed by atoms with E-state index in [0.717, 1.165) is 38.4 Å². The zero-order valence-electron chi connectivity index (χ0n) is 20.6. The average molecular weight is 480 g/mol. The van der Waals surface area contributed by atoms with Crippen LogP contribution in [-0.4, -0.2) is 67.3 Å². The second-order valence-electron chi connectivity index (χ2n) is 8.59. The van der Waals surface area contributed by atoms with Crippen molar-refractivity contribution in [2.24, 2.45) is 0 Å². The minimum absolute atomic E-state index is 0.0810. The van der Waals surface area contributed by atoms with E-state index in [-0.39, 0.29) is 11.5 Å². The van der Waals surface area contributed by atoms with Crippen LogP contribution < -0.4 is 25.2 Å². The summed E-state index contributed by atoms with van der Waals surface area (Å²) in [5.41, 5.74) is 2.32. The second-order valence-corrected chi connectivity index (χ2v) is 8.59. The van der Waals surface area contributed by atoms with Crippen LogP contribution in [0.5, 0.6) is 11.5 Å². The quantitative estimate of drug-likeness (QED) is 0.505. The van der Waals surface area contributed by atoms with Gasteiger partial charge in [-0.3, -0.25) is 14.2 Å². The van der Waals surface area contributed by atoms with Crippen LogP contribution in [0.4, 0.5) is 11.4 Å². The zero-order chi connectivity index (χ0) is 24.8. The first-order valence-electron chi connectivity index (χ1n) is 12.0. The molecule has 2 aromatic carbocycles. The molecule has 0 atom stereocenters. The fourth-order valence-corrected chi connectivity index (χ4v) is 4.36. The molecule has 0 spiro atoms. The fraction of sp³-hybridized carbons (Fsp3) is 0.423. The van der Waals surface area contributed by atoms with Crippen LogP contribution in [0, 0.1) is 0 Å². The van der Waals surface area contributed by atoms with Gasteiger partial charge in [0.2, 0.25) is 5.91 Å². The van der Waals surface area contributed by atoms with Gasteiger partial charge >= 0.3 is 0 Å². The maximum atomic E-state index is 12.9. The average Bonchev–Trinajstić information content (AvgIpc) is 2.90. The number of benzene rings is 2. The summed E-state index contributed by atoms with van der Waals surface area (Å²) < 4.78 is 12.1. The van der Waals surface area contributed by atoms with Crippen molar-refractivity contribution in [3.8, 4) is 11.5 Å². The molecule has 1 aliphatic heterocycles. The molecule has 0 aliphatic carbocycles. The van der Waals surface area contributed by atoms with Crippen LogP contribution in [0.15, 0.2) is 47.5 Å². The summed E-state index contributed by atoms with van der Waals surface area (Å²) >= 11 is 0. The number of hydrogen-bond acceptors (Lipinski definition) is 7. The molecule has 1 fully saturated rings. The number of carbonyl (C=O) groups is 1. The molecule has 1 saturated heterocycles. The minimum atomic E-state index is -0.174. The molecule has 0 unspecified atom stereocenters. The molecule has 1 amide bonds. The van der Waals surface area contributed by atoms with E-state index in [2.05, 4.69) is 39.2 Å². The highest BCUT2D eigenvalue weighted by atomic mass is 16.5. The van der Waals surface area contributed by atoms with Gasteiger partial charge in [0.15, 0.2) is 11.5 Å². The van der Waals surface area contributed by atoms with Gasteiger partial charge in [-0.15, -0.1) is 0 Å². The van der Waals surface area contributed by atoms with E-state index in [9.17, 15) is 9.59 Å². The molecule has 1 aromatic heterocycles. The van der Waals surface area contributed by atoms with Crippen molar-refractivity contribution in [2.75, 3.05) is 57.2 Å². The second kappa shape index (κ2) is 11.2. The molecule has 35 heavy (non-hydrogen) atoms. The van der Waals surface area contributed by atoms with Gasteiger partial charge in [0.05, 0.1) is 31.4 Å². The predicted octanol–water partition coefficient (Wildman–Crippen LogP) is 2.97. The summed E-state index contributed by atoms with van der Waals surface area (Å²) in [7, 11) is 3.07. The number of fused-ring (bicyclic) bond motifs is 1. The molecule has 9 heteroatoms. The number of methoxy groups -OCH3 is 2. The van der Waals surface area contributed by atoms with E-state index in [1.54, 1.807) is 19.2 Å². The summed E-state index contributed by atoms with van der Waals surface area (Å²) in [5, 5.41) is 3.40. The van der Waals surface area contributed by atoms with Crippen molar-refractivity contribution in [3.63, 3.8) is 0 Å². The summed E-state index contributed by atoms with van der Waals surface area (Å²) in [6, 6.07) is 11.3. The molecule has 0 saturated carbocycles. The lowest BCUT2D eigenvalue weighted by atomic mass is 10.2. The normalized spacial score (nSPS) is 14.2. The molecule has 2 heterocycles. The van der Waals surface area contributed by atoms with Gasteiger partial charge in [-0.05, 0) is 43.3 Å². The van der Waals surface area contributed by atoms with Crippen LogP contribution in [0.2, 0.25) is 0 Å². The predicted molar refractivity (Wildman–Crippen MR) is 138 cm³/mol. The summed E-state index contributed by atoms with van der Waals surface area (Å²) in [5.74, 6) is 0.918. The lowest BCUT2D eigenvalue weighted by Gasteiger charge is -2.35. The highest BCUT2D eigenvalue weighted by molar-refractivity contribution is 5.90. The van der Waals surface area contributed by atoms with Crippen LogP contribution in [0.3, 0.4) is 0 Å². The fourth-order valence-electron chi connectivity index (χ4n) is 4.36. The molecule has 3 aromatic rings. The largest absolute Gasteiger partial charge is 0.493 e. The van der Waals surface area contributed by atoms with Crippen LogP contribution in [0.25, 0.3) is 10.9 Å². The number of likely N-dealkylation sites (N-methyl/N-ethyl adjacent to an activating group) is 1. The molecule has 1 aliphatic rings. The Kier molecular flexibility index (Phi) is 7.87. The number of aryl methyl sites for hydroxylation is 1. The number of hydrogen-bond donors (Lipinski definition) is 1. The van der Waals surface area contributed by atoms with Crippen molar-refractivity contribution in [1.82, 2.24) is 14.5 Å². The van der Waals surface area contributed by atoms with Gasteiger partial charge in [0, 0.05) is 56.6 Å². The van der Waals surface area contributed by atoms with Gasteiger partial charge < -0.3 is 24.6 Å². The zero-order valence-corrected chi connectivity index (χ0v) is 20.6. The first-order chi connectivity index (χ1) is 17.0. The number of rotatable bonds is 9. The lowest BCUT2D eigenvalue weighted by Crippen LogP contribution is -2.46. The number of carbonyl (C=O) groups excluding carboxylic acids is 1. The number of aromatic nitrogens is 2. The Morgan fingerprint density at radius 3 is 2.37 bits per heavy atom. The van der Waals surface area contributed by atoms with Crippen molar-refractivity contribution in [3.05, 3.63) is 53.1 Å². The molecular weight excluding hydrogens is 446 g/mol. The Morgan fingerprint density at radius 1 is 1.03 bits per heavy atom. The summed E-state index contributed by atoms with van der Waals surface area (Å²) in [6.45, 7) is 7.87. The van der Waals surface area contributed by atoms with Crippen molar-refractivity contribution >= 4 is 28.2 Å². The standard InChI is InChI=1S/C26H33N5O4/c1-4-29-12-14-30(15-13-29)20-9-7-19(8-10-20)28-25(32)6-5-11-31-18-27-22-17-24(35-3)23(34-2)16-21(22)26(31)33/h7-10,16-18H,4-6,11-15H2,1-3H3,(H,28,32). The summed E-state index contributed by atoms with van der Waals surface area (Å²) in [4.78, 5) is 34.5.